The minimum atomic E-state index is -0.514. The van der Waals surface area contributed by atoms with Crippen LogP contribution in [-0.4, -0.2) is 35.1 Å². The lowest BCUT2D eigenvalue weighted by molar-refractivity contribution is -0.140. The SMILES string of the molecule is Cc1ccc(SCCC(=O)N(Cc2ccccc2C)[C@@H](C)C(=O)NCC(C)C)cc1. The molecule has 0 aromatic heterocycles. The van der Waals surface area contributed by atoms with E-state index < -0.39 is 6.04 Å². The molecule has 0 aliphatic carbocycles. The Labute approximate surface area is 185 Å². The average Bonchev–Trinajstić information content (AvgIpc) is 2.72. The van der Waals surface area contributed by atoms with Crippen molar-refractivity contribution >= 4 is 23.6 Å². The van der Waals surface area contributed by atoms with Crippen LogP contribution < -0.4 is 5.32 Å². The monoisotopic (exact) mass is 426 g/mol. The van der Waals surface area contributed by atoms with Gasteiger partial charge in [0.15, 0.2) is 0 Å². The predicted octanol–water partition coefficient (Wildman–Crippen LogP) is 4.98. The second-order valence-electron chi connectivity index (χ2n) is 8.17. The van der Waals surface area contributed by atoms with Crippen LogP contribution in [0.4, 0.5) is 0 Å². The van der Waals surface area contributed by atoms with Crippen molar-refractivity contribution in [3.8, 4) is 0 Å². The van der Waals surface area contributed by atoms with E-state index in [-0.39, 0.29) is 11.8 Å². The van der Waals surface area contributed by atoms with Crippen molar-refractivity contribution in [1.29, 1.82) is 0 Å². The predicted molar refractivity (Wildman–Crippen MR) is 126 cm³/mol. The van der Waals surface area contributed by atoms with Crippen molar-refractivity contribution in [1.82, 2.24) is 10.2 Å². The number of rotatable bonds is 10. The van der Waals surface area contributed by atoms with Gasteiger partial charge in [0.25, 0.3) is 0 Å². The summed E-state index contributed by atoms with van der Waals surface area (Å²) >= 11 is 1.67. The first-order chi connectivity index (χ1) is 14.3. The van der Waals surface area contributed by atoms with Gasteiger partial charge in [-0.15, -0.1) is 11.8 Å². The Morgan fingerprint density at radius 2 is 1.67 bits per heavy atom. The second-order valence-corrected chi connectivity index (χ2v) is 9.34. The molecule has 2 amide bonds. The molecule has 0 aliphatic heterocycles. The molecular weight excluding hydrogens is 392 g/mol. The number of hydrogen-bond acceptors (Lipinski definition) is 3. The quantitative estimate of drug-likeness (QED) is 0.546. The highest BCUT2D eigenvalue weighted by molar-refractivity contribution is 7.99. The standard InChI is InChI=1S/C25H34N2O2S/c1-18(2)16-26-25(29)21(5)27(17-22-9-7-6-8-20(22)4)24(28)14-15-30-23-12-10-19(3)11-13-23/h6-13,18,21H,14-17H2,1-5H3,(H,26,29)/t21-/m0/s1. The molecular formula is C25H34N2O2S. The van der Waals surface area contributed by atoms with Crippen LogP contribution in [0.1, 0.15) is 43.9 Å². The lowest BCUT2D eigenvalue weighted by Gasteiger charge is -2.29. The van der Waals surface area contributed by atoms with Gasteiger partial charge < -0.3 is 10.2 Å². The van der Waals surface area contributed by atoms with E-state index >= 15 is 0 Å². The number of amides is 2. The number of carbonyl (C=O) groups is 2. The smallest absolute Gasteiger partial charge is 0.242 e. The Hall–Kier alpha value is -2.27. The van der Waals surface area contributed by atoms with Crippen molar-refractivity contribution in [2.45, 2.75) is 58.5 Å². The molecule has 2 aromatic rings. The summed E-state index contributed by atoms with van der Waals surface area (Å²) in [5, 5.41) is 2.97. The maximum absolute atomic E-state index is 13.1. The third kappa shape index (κ3) is 7.52. The zero-order valence-electron chi connectivity index (χ0n) is 18.8. The molecule has 1 N–H and O–H groups in total. The molecule has 0 heterocycles. The van der Waals surface area contributed by atoms with E-state index in [1.54, 1.807) is 16.7 Å². The topological polar surface area (TPSA) is 49.4 Å². The van der Waals surface area contributed by atoms with Gasteiger partial charge in [-0.05, 0) is 49.9 Å². The number of aryl methyl sites for hydroxylation is 2. The maximum Gasteiger partial charge on any atom is 0.242 e. The molecule has 5 heteroatoms. The molecule has 4 nitrogen and oxygen atoms in total. The third-order valence-corrected chi connectivity index (χ3v) is 6.07. The van der Waals surface area contributed by atoms with E-state index in [1.165, 1.54) is 5.56 Å². The Morgan fingerprint density at radius 3 is 2.30 bits per heavy atom. The summed E-state index contributed by atoms with van der Waals surface area (Å²) in [4.78, 5) is 28.7. The third-order valence-electron chi connectivity index (χ3n) is 5.06. The maximum atomic E-state index is 13.1. The second kappa shape index (κ2) is 11.8. The first-order valence-corrected chi connectivity index (χ1v) is 11.6. The lowest BCUT2D eigenvalue weighted by Crippen LogP contribution is -2.48. The minimum absolute atomic E-state index is 0.00469. The van der Waals surface area contributed by atoms with E-state index in [9.17, 15) is 9.59 Å². The summed E-state index contributed by atoms with van der Waals surface area (Å²) in [6, 6.07) is 15.8. The highest BCUT2D eigenvalue weighted by Gasteiger charge is 2.26. The van der Waals surface area contributed by atoms with Crippen molar-refractivity contribution in [3.05, 3.63) is 65.2 Å². The van der Waals surface area contributed by atoms with Crippen molar-refractivity contribution in [2.75, 3.05) is 12.3 Å². The van der Waals surface area contributed by atoms with Crippen molar-refractivity contribution in [2.24, 2.45) is 5.92 Å². The summed E-state index contributed by atoms with van der Waals surface area (Å²) < 4.78 is 0. The Balaban J connectivity index is 2.06. The van der Waals surface area contributed by atoms with Gasteiger partial charge in [-0.1, -0.05) is 55.8 Å². The first kappa shape index (κ1) is 24.0. The van der Waals surface area contributed by atoms with Gasteiger partial charge in [0.1, 0.15) is 6.04 Å². The lowest BCUT2D eigenvalue weighted by atomic mass is 10.1. The van der Waals surface area contributed by atoms with Crippen LogP contribution >= 0.6 is 11.8 Å². The Kier molecular flexibility index (Phi) is 9.44. The Bertz CT molecular complexity index is 833. The average molecular weight is 427 g/mol. The summed E-state index contributed by atoms with van der Waals surface area (Å²) in [6.45, 7) is 11.1. The zero-order valence-corrected chi connectivity index (χ0v) is 19.6. The molecule has 0 spiro atoms. The number of benzene rings is 2. The molecule has 162 valence electrons. The zero-order chi connectivity index (χ0) is 22.1. The van der Waals surface area contributed by atoms with Crippen LogP contribution in [0.5, 0.6) is 0 Å². The molecule has 2 aromatic carbocycles. The Morgan fingerprint density at radius 1 is 1.00 bits per heavy atom. The molecule has 0 radical (unpaired) electrons. The van der Waals surface area contributed by atoms with Gasteiger partial charge >= 0.3 is 0 Å². The number of nitrogens with one attached hydrogen (secondary N) is 1. The molecule has 2 rings (SSSR count). The van der Waals surface area contributed by atoms with Gasteiger partial charge in [-0.2, -0.15) is 0 Å². The van der Waals surface area contributed by atoms with Crippen LogP contribution in [-0.2, 0) is 16.1 Å². The number of carbonyl (C=O) groups excluding carboxylic acids is 2. The molecule has 0 saturated carbocycles. The first-order valence-electron chi connectivity index (χ1n) is 10.6. The van der Waals surface area contributed by atoms with Crippen LogP contribution in [0.15, 0.2) is 53.4 Å². The van der Waals surface area contributed by atoms with Crippen molar-refractivity contribution < 1.29 is 9.59 Å². The summed E-state index contributed by atoms with van der Waals surface area (Å²) in [5.74, 6) is 0.960. The summed E-state index contributed by atoms with van der Waals surface area (Å²) in [7, 11) is 0. The van der Waals surface area contributed by atoms with E-state index in [4.69, 9.17) is 0 Å². The van der Waals surface area contributed by atoms with E-state index in [0.29, 0.717) is 31.2 Å². The molecule has 0 saturated heterocycles. The number of nitrogens with zero attached hydrogens (tertiary/aromatic N) is 1. The fraction of sp³-hybridized carbons (Fsp3) is 0.440. The van der Waals surface area contributed by atoms with Crippen LogP contribution in [0.25, 0.3) is 0 Å². The van der Waals surface area contributed by atoms with Crippen LogP contribution in [0.3, 0.4) is 0 Å². The highest BCUT2D eigenvalue weighted by atomic mass is 32.2. The highest BCUT2D eigenvalue weighted by Crippen LogP contribution is 2.21. The number of thioether (sulfide) groups is 1. The van der Waals surface area contributed by atoms with E-state index in [2.05, 4.69) is 50.4 Å². The van der Waals surface area contributed by atoms with Crippen molar-refractivity contribution in [3.63, 3.8) is 0 Å². The molecule has 1 atom stereocenters. The van der Waals surface area contributed by atoms with E-state index in [0.717, 1.165) is 16.0 Å². The van der Waals surface area contributed by atoms with Gasteiger partial charge in [-0.3, -0.25) is 9.59 Å². The van der Waals surface area contributed by atoms with Gasteiger partial charge in [-0.25, -0.2) is 0 Å². The fourth-order valence-corrected chi connectivity index (χ4v) is 3.88. The fourth-order valence-electron chi connectivity index (χ4n) is 3.04. The molecule has 0 fully saturated rings. The van der Waals surface area contributed by atoms with Crippen LogP contribution in [0.2, 0.25) is 0 Å². The van der Waals surface area contributed by atoms with Gasteiger partial charge in [0.2, 0.25) is 11.8 Å². The molecule has 30 heavy (non-hydrogen) atoms. The molecule has 0 bridgehead atoms. The molecule has 0 unspecified atom stereocenters. The number of hydrogen-bond donors (Lipinski definition) is 1. The normalized spacial score (nSPS) is 11.9. The van der Waals surface area contributed by atoms with Gasteiger partial charge in [0, 0.05) is 30.2 Å². The van der Waals surface area contributed by atoms with Gasteiger partial charge in [0.05, 0.1) is 0 Å². The van der Waals surface area contributed by atoms with Crippen LogP contribution in [0, 0.1) is 19.8 Å². The summed E-state index contributed by atoms with van der Waals surface area (Å²) in [5.41, 5.74) is 3.42. The summed E-state index contributed by atoms with van der Waals surface area (Å²) in [6.07, 6.45) is 0.395. The minimum Gasteiger partial charge on any atom is -0.354 e. The van der Waals surface area contributed by atoms with E-state index in [1.807, 2.05) is 38.1 Å². The largest absolute Gasteiger partial charge is 0.354 e. The molecule has 0 aliphatic rings.